The molecule has 3 atom stereocenters. The lowest BCUT2D eigenvalue weighted by atomic mass is 9.90. The molecule has 0 aliphatic carbocycles. The van der Waals surface area contributed by atoms with Crippen LogP contribution in [0, 0.1) is 5.92 Å². The number of likely N-dealkylation sites (tertiary alicyclic amines) is 1. The van der Waals surface area contributed by atoms with Crippen LogP contribution in [0.25, 0.3) is 0 Å². The Labute approximate surface area is 122 Å². The van der Waals surface area contributed by atoms with Crippen molar-refractivity contribution in [2.75, 3.05) is 32.4 Å². The van der Waals surface area contributed by atoms with E-state index in [1.807, 2.05) is 0 Å². The van der Waals surface area contributed by atoms with Crippen molar-refractivity contribution in [2.45, 2.75) is 57.7 Å². The maximum Gasteiger partial charge on any atom is 0.0329 e. The van der Waals surface area contributed by atoms with Gasteiger partial charge in [-0.3, -0.25) is 4.21 Å². The molecule has 1 heterocycles. The second kappa shape index (κ2) is 9.09. The molecule has 0 aromatic rings. The molecule has 0 aromatic heterocycles. The van der Waals surface area contributed by atoms with Crippen LogP contribution in [0.2, 0.25) is 0 Å². The quantitative estimate of drug-likeness (QED) is 0.743. The Balaban J connectivity index is 2.17. The van der Waals surface area contributed by atoms with Gasteiger partial charge in [-0.1, -0.05) is 13.8 Å². The molecule has 4 heteroatoms. The Morgan fingerprint density at radius 1 is 1.32 bits per heavy atom. The Bertz CT molecular complexity index is 265. The highest BCUT2D eigenvalue weighted by molar-refractivity contribution is 7.84. The topological polar surface area (TPSA) is 32.3 Å². The van der Waals surface area contributed by atoms with Crippen LogP contribution in [0.5, 0.6) is 0 Å². The van der Waals surface area contributed by atoms with Gasteiger partial charge >= 0.3 is 0 Å². The monoisotopic (exact) mass is 288 g/mol. The van der Waals surface area contributed by atoms with Gasteiger partial charge in [-0.05, 0) is 64.7 Å². The molecule has 19 heavy (non-hydrogen) atoms. The van der Waals surface area contributed by atoms with Crippen LogP contribution in [-0.4, -0.2) is 52.8 Å². The van der Waals surface area contributed by atoms with Crippen LogP contribution in [-0.2, 0) is 10.8 Å². The first-order valence-corrected chi connectivity index (χ1v) is 9.44. The normalized spacial score (nSPS) is 23.2. The lowest BCUT2D eigenvalue weighted by Crippen LogP contribution is -2.42. The van der Waals surface area contributed by atoms with Gasteiger partial charge in [0.1, 0.15) is 0 Å². The minimum atomic E-state index is -0.684. The van der Waals surface area contributed by atoms with Gasteiger partial charge in [-0.25, -0.2) is 0 Å². The first-order valence-electron chi connectivity index (χ1n) is 7.82. The van der Waals surface area contributed by atoms with E-state index in [0.29, 0.717) is 11.3 Å². The molecule has 0 bridgehead atoms. The van der Waals surface area contributed by atoms with E-state index in [1.165, 1.54) is 38.9 Å². The van der Waals surface area contributed by atoms with Gasteiger partial charge in [-0.2, -0.15) is 0 Å². The van der Waals surface area contributed by atoms with Gasteiger partial charge in [0.15, 0.2) is 0 Å². The molecule has 1 N–H and O–H groups in total. The van der Waals surface area contributed by atoms with E-state index in [2.05, 4.69) is 31.0 Å². The summed E-state index contributed by atoms with van der Waals surface area (Å²) in [5, 5.41) is 3.94. The molecule has 0 spiro atoms. The van der Waals surface area contributed by atoms with E-state index >= 15 is 0 Å². The van der Waals surface area contributed by atoms with Crippen LogP contribution < -0.4 is 5.32 Å². The van der Waals surface area contributed by atoms with Crippen molar-refractivity contribution in [3.8, 4) is 0 Å². The third-order valence-electron chi connectivity index (χ3n) is 4.46. The van der Waals surface area contributed by atoms with Gasteiger partial charge in [0.25, 0.3) is 0 Å². The fourth-order valence-electron chi connectivity index (χ4n) is 2.84. The van der Waals surface area contributed by atoms with Crippen LogP contribution in [0.15, 0.2) is 0 Å². The number of rotatable bonds is 8. The van der Waals surface area contributed by atoms with Crippen molar-refractivity contribution in [1.82, 2.24) is 10.2 Å². The van der Waals surface area contributed by atoms with Crippen molar-refractivity contribution < 1.29 is 4.21 Å². The Morgan fingerprint density at radius 3 is 2.47 bits per heavy atom. The molecule has 0 aromatic carbocycles. The van der Waals surface area contributed by atoms with Crippen LogP contribution in [0.4, 0.5) is 0 Å². The number of hydrogen-bond acceptors (Lipinski definition) is 3. The predicted octanol–water partition coefficient (Wildman–Crippen LogP) is 2.24. The average Bonchev–Trinajstić information content (AvgIpc) is 2.39. The van der Waals surface area contributed by atoms with Crippen molar-refractivity contribution in [3.05, 3.63) is 0 Å². The zero-order valence-corrected chi connectivity index (χ0v) is 14.0. The molecule has 0 amide bonds. The molecule has 1 aliphatic rings. The summed E-state index contributed by atoms with van der Waals surface area (Å²) in [7, 11) is -0.684. The summed E-state index contributed by atoms with van der Waals surface area (Å²) in [6.07, 6.45) is 6.73. The highest BCUT2D eigenvalue weighted by Gasteiger charge is 2.23. The Hall–Kier alpha value is 0.0700. The summed E-state index contributed by atoms with van der Waals surface area (Å²) >= 11 is 0. The maximum absolute atomic E-state index is 11.3. The molecule has 0 radical (unpaired) electrons. The second-order valence-corrected chi connectivity index (χ2v) is 7.82. The largest absolute Gasteiger partial charge is 0.314 e. The standard InChI is InChI=1S/C15H32N2OS/c1-5-10-17-11-7-15(8-12-17)14(3)16-9-6-13(2)19(4)18/h13-16H,5-12H2,1-4H3. The zero-order valence-electron chi connectivity index (χ0n) is 13.2. The molecule has 3 unspecified atom stereocenters. The first kappa shape index (κ1) is 17.1. The average molecular weight is 289 g/mol. The van der Waals surface area contributed by atoms with Gasteiger partial charge in [0, 0.05) is 28.3 Å². The van der Waals surface area contributed by atoms with E-state index in [9.17, 15) is 4.21 Å². The number of piperidine rings is 1. The van der Waals surface area contributed by atoms with Crippen molar-refractivity contribution in [3.63, 3.8) is 0 Å². The van der Waals surface area contributed by atoms with Crippen LogP contribution >= 0.6 is 0 Å². The summed E-state index contributed by atoms with van der Waals surface area (Å²) in [4.78, 5) is 2.59. The van der Waals surface area contributed by atoms with E-state index in [-0.39, 0.29) is 0 Å². The SMILES string of the molecule is CCCN1CCC(C(C)NCCC(C)S(C)=O)CC1. The molecule has 1 saturated heterocycles. The van der Waals surface area contributed by atoms with E-state index < -0.39 is 10.8 Å². The summed E-state index contributed by atoms with van der Waals surface area (Å²) in [6.45, 7) is 11.4. The van der Waals surface area contributed by atoms with Crippen molar-refractivity contribution in [2.24, 2.45) is 5.92 Å². The predicted molar refractivity (Wildman–Crippen MR) is 85.1 cm³/mol. The molecule has 1 aliphatic heterocycles. The molecule has 114 valence electrons. The zero-order chi connectivity index (χ0) is 14.3. The molecule has 0 saturated carbocycles. The van der Waals surface area contributed by atoms with Gasteiger partial charge in [-0.15, -0.1) is 0 Å². The van der Waals surface area contributed by atoms with Gasteiger partial charge in [0.2, 0.25) is 0 Å². The minimum Gasteiger partial charge on any atom is -0.314 e. The molecular weight excluding hydrogens is 256 g/mol. The lowest BCUT2D eigenvalue weighted by molar-refractivity contribution is 0.163. The van der Waals surface area contributed by atoms with Gasteiger partial charge in [0.05, 0.1) is 0 Å². The molecular formula is C15H32N2OS. The van der Waals surface area contributed by atoms with Crippen molar-refractivity contribution in [1.29, 1.82) is 0 Å². The minimum absolute atomic E-state index is 0.311. The smallest absolute Gasteiger partial charge is 0.0329 e. The highest BCUT2D eigenvalue weighted by Crippen LogP contribution is 2.20. The van der Waals surface area contributed by atoms with Gasteiger partial charge < -0.3 is 10.2 Å². The third-order valence-corrected chi connectivity index (χ3v) is 5.83. The van der Waals surface area contributed by atoms with Crippen molar-refractivity contribution >= 4 is 10.8 Å². The summed E-state index contributed by atoms with van der Waals surface area (Å²) in [5.41, 5.74) is 0. The summed E-state index contributed by atoms with van der Waals surface area (Å²) < 4.78 is 11.3. The Kier molecular flexibility index (Phi) is 8.19. The number of hydrogen-bond donors (Lipinski definition) is 1. The fourth-order valence-corrected chi connectivity index (χ4v) is 3.29. The number of nitrogens with zero attached hydrogens (tertiary/aromatic N) is 1. The van der Waals surface area contributed by atoms with E-state index in [4.69, 9.17) is 0 Å². The van der Waals surface area contributed by atoms with E-state index in [0.717, 1.165) is 18.9 Å². The first-order chi connectivity index (χ1) is 9.04. The summed E-state index contributed by atoms with van der Waals surface area (Å²) in [5.74, 6) is 0.815. The Morgan fingerprint density at radius 2 is 1.95 bits per heavy atom. The molecule has 1 rings (SSSR count). The maximum atomic E-state index is 11.3. The second-order valence-electron chi connectivity index (χ2n) is 6.02. The van der Waals surface area contributed by atoms with E-state index in [1.54, 1.807) is 6.26 Å². The summed E-state index contributed by atoms with van der Waals surface area (Å²) in [6, 6.07) is 0.598. The van der Waals surface area contributed by atoms with Crippen LogP contribution in [0.3, 0.4) is 0 Å². The van der Waals surface area contributed by atoms with Crippen LogP contribution in [0.1, 0.15) is 46.5 Å². The third kappa shape index (κ3) is 6.37. The fraction of sp³-hybridized carbons (Fsp3) is 1.00. The number of nitrogens with one attached hydrogen (secondary N) is 1. The highest BCUT2D eigenvalue weighted by atomic mass is 32.2. The molecule has 3 nitrogen and oxygen atoms in total. The lowest BCUT2D eigenvalue weighted by Gasteiger charge is -2.35. The molecule has 1 fully saturated rings.